The van der Waals surface area contributed by atoms with E-state index < -0.39 is 0 Å². The van der Waals surface area contributed by atoms with Gasteiger partial charge in [0.1, 0.15) is 0 Å². The number of hydrogen-bond donors (Lipinski definition) is 1. The normalized spacial score (nSPS) is 12.1. The van der Waals surface area contributed by atoms with Gasteiger partial charge in [0.05, 0.1) is 10.9 Å². The van der Waals surface area contributed by atoms with Crippen LogP contribution in [-0.4, -0.2) is 31.4 Å². The third kappa shape index (κ3) is 4.00. The molecule has 1 aromatic heterocycles. The van der Waals surface area contributed by atoms with Crippen molar-refractivity contribution in [1.82, 2.24) is 20.2 Å². The number of hydrogen-bond acceptors (Lipinski definition) is 5. The van der Waals surface area contributed by atoms with Crippen LogP contribution in [0.1, 0.15) is 18.1 Å². The Bertz CT molecular complexity index is 1180. The molecule has 29 heavy (non-hydrogen) atoms. The van der Waals surface area contributed by atoms with E-state index in [1.807, 2.05) is 75.4 Å². The number of aryl methyl sites for hydroxylation is 2. The van der Waals surface area contributed by atoms with Crippen molar-refractivity contribution in [2.24, 2.45) is 0 Å². The molecule has 0 aliphatic carbocycles. The SMILES string of the molecule is Cc1ccc(-n2nnnc2S[C@@H](C)C(=O)Nc2cccc3ccccc23)c(C)c1. The van der Waals surface area contributed by atoms with Gasteiger partial charge >= 0.3 is 0 Å². The summed E-state index contributed by atoms with van der Waals surface area (Å²) in [6.07, 6.45) is 0. The number of aromatic nitrogens is 4. The number of rotatable bonds is 5. The maximum Gasteiger partial charge on any atom is 0.237 e. The Morgan fingerprint density at radius 3 is 2.69 bits per heavy atom. The summed E-state index contributed by atoms with van der Waals surface area (Å²) in [5.74, 6) is -0.0958. The summed E-state index contributed by atoms with van der Waals surface area (Å²) in [7, 11) is 0. The molecule has 0 saturated heterocycles. The van der Waals surface area contributed by atoms with Gasteiger partial charge in [-0.25, -0.2) is 0 Å². The average molecular weight is 404 g/mol. The van der Waals surface area contributed by atoms with Crippen LogP contribution in [0, 0.1) is 13.8 Å². The number of nitrogens with one attached hydrogen (secondary N) is 1. The van der Waals surface area contributed by atoms with E-state index in [-0.39, 0.29) is 11.2 Å². The largest absolute Gasteiger partial charge is 0.325 e. The summed E-state index contributed by atoms with van der Waals surface area (Å²) < 4.78 is 1.68. The van der Waals surface area contributed by atoms with Crippen molar-refractivity contribution < 1.29 is 4.79 Å². The monoisotopic (exact) mass is 403 g/mol. The molecule has 1 atom stereocenters. The quantitative estimate of drug-likeness (QED) is 0.495. The number of carbonyl (C=O) groups is 1. The molecule has 4 aromatic rings. The van der Waals surface area contributed by atoms with Gasteiger partial charge in [0.25, 0.3) is 0 Å². The van der Waals surface area contributed by atoms with Crippen LogP contribution < -0.4 is 5.32 Å². The lowest BCUT2D eigenvalue weighted by atomic mass is 10.1. The Balaban J connectivity index is 1.53. The van der Waals surface area contributed by atoms with E-state index in [1.165, 1.54) is 17.3 Å². The van der Waals surface area contributed by atoms with Gasteiger partial charge in [0.2, 0.25) is 11.1 Å². The molecule has 3 aromatic carbocycles. The number of fused-ring (bicyclic) bond motifs is 1. The molecule has 0 fully saturated rings. The maximum absolute atomic E-state index is 12.8. The summed E-state index contributed by atoms with van der Waals surface area (Å²) in [4.78, 5) is 12.8. The van der Waals surface area contributed by atoms with Gasteiger partial charge < -0.3 is 5.32 Å². The molecule has 1 N–H and O–H groups in total. The van der Waals surface area contributed by atoms with Crippen LogP contribution in [0.4, 0.5) is 5.69 Å². The summed E-state index contributed by atoms with van der Waals surface area (Å²) in [5, 5.41) is 17.4. The zero-order valence-electron chi connectivity index (χ0n) is 16.5. The Morgan fingerprint density at radius 2 is 1.86 bits per heavy atom. The zero-order valence-corrected chi connectivity index (χ0v) is 17.3. The summed E-state index contributed by atoms with van der Waals surface area (Å²) >= 11 is 1.33. The van der Waals surface area contributed by atoms with Crippen LogP contribution in [0.5, 0.6) is 0 Å². The van der Waals surface area contributed by atoms with Crippen molar-refractivity contribution in [3.05, 3.63) is 71.8 Å². The molecule has 6 nitrogen and oxygen atoms in total. The Labute approximate surface area is 173 Å². The van der Waals surface area contributed by atoms with E-state index in [1.54, 1.807) is 4.68 Å². The average Bonchev–Trinajstić information content (AvgIpc) is 3.16. The fraction of sp³-hybridized carbons (Fsp3) is 0.182. The topological polar surface area (TPSA) is 72.7 Å². The lowest BCUT2D eigenvalue weighted by Gasteiger charge is -2.14. The van der Waals surface area contributed by atoms with Crippen molar-refractivity contribution in [2.75, 3.05) is 5.32 Å². The van der Waals surface area contributed by atoms with Crippen LogP contribution in [0.25, 0.3) is 16.5 Å². The van der Waals surface area contributed by atoms with Gasteiger partial charge in [-0.15, -0.1) is 5.10 Å². The molecule has 4 rings (SSSR count). The minimum atomic E-state index is -0.371. The predicted octanol–water partition coefficient (Wildman–Crippen LogP) is 4.55. The maximum atomic E-state index is 12.8. The molecule has 0 saturated carbocycles. The molecule has 146 valence electrons. The number of tetrazole rings is 1. The van der Waals surface area contributed by atoms with Gasteiger partial charge in [0, 0.05) is 11.1 Å². The first-order chi connectivity index (χ1) is 14.0. The molecule has 1 heterocycles. The number of thioether (sulfide) groups is 1. The van der Waals surface area contributed by atoms with Crippen molar-refractivity contribution in [2.45, 2.75) is 31.2 Å². The van der Waals surface area contributed by atoms with E-state index >= 15 is 0 Å². The molecule has 7 heteroatoms. The van der Waals surface area contributed by atoms with Gasteiger partial charge in [-0.1, -0.05) is 65.9 Å². The third-order valence-corrected chi connectivity index (χ3v) is 5.75. The van der Waals surface area contributed by atoms with E-state index in [0.29, 0.717) is 5.16 Å². The lowest BCUT2D eigenvalue weighted by Crippen LogP contribution is -2.23. The van der Waals surface area contributed by atoms with Crippen LogP contribution >= 0.6 is 11.8 Å². The fourth-order valence-corrected chi connectivity index (χ4v) is 4.03. The second-order valence-electron chi connectivity index (χ2n) is 6.94. The molecule has 0 aliphatic heterocycles. The van der Waals surface area contributed by atoms with Gasteiger partial charge in [0.15, 0.2) is 0 Å². The second kappa shape index (κ2) is 8.05. The zero-order chi connectivity index (χ0) is 20.4. The fourth-order valence-electron chi connectivity index (χ4n) is 3.23. The predicted molar refractivity (Wildman–Crippen MR) is 117 cm³/mol. The highest BCUT2D eigenvalue weighted by Gasteiger charge is 2.20. The first-order valence-electron chi connectivity index (χ1n) is 9.34. The summed E-state index contributed by atoms with van der Waals surface area (Å²) in [6, 6.07) is 20.0. The van der Waals surface area contributed by atoms with Crippen molar-refractivity contribution in [3.63, 3.8) is 0 Å². The highest BCUT2D eigenvalue weighted by molar-refractivity contribution is 8.00. The van der Waals surface area contributed by atoms with Crippen LogP contribution in [-0.2, 0) is 4.79 Å². The molecule has 0 bridgehead atoms. The van der Waals surface area contributed by atoms with Gasteiger partial charge in [-0.3, -0.25) is 4.79 Å². The number of carbonyl (C=O) groups excluding carboxylic acids is 1. The van der Waals surface area contributed by atoms with Crippen LogP contribution in [0.3, 0.4) is 0 Å². The Kier molecular flexibility index (Phi) is 5.31. The number of anilines is 1. The van der Waals surface area contributed by atoms with E-state index in [0.717, 1.165) is 27.7 Å². The van der Waals surface area contributed by atoms with Crippen LogP contribution in [0.15, 0.2) is 65.8 Å². The molecular weight excluding hydrogens is 382 g/mol. The first kappa shape index (κ1) is 19.1. The molecule has 0 unspecified atom stereocenters. The summed E-state index contributed by atoms with van der Waals surface area (Å²) in [6.45, 7) is 5.92. The minimum Gasteiger partial charge on any atom is -0.325 e. The Hall–Kier alpha value is -3.19. The standard InChI is InChI=1S/C22H21N5OS/c1-14-11-12-20(15(2)13-14)27-22(24-25-26-27)29-16(3)21(28)23-19-10-6-8-17-7-4-5-9-18(17)19/h4-13,16H,1-3H3,(H,23,28)/t16-/m0/s1. The van der Waals surface area contributed by atoms with E-state index in [4.69, 9.17) is 0 Å². The van der Waals surface area contributed by atoms with Crippen molar-refractivity contribution in [1.29, 1.82) is 0 Å². The number of amides is 1. The lowest BCUT2D eigenvalue weighted by molar-refractivity contribution is -0.115. The molecular formula is C22H21N5OS. The van der Waals surface area contributed by atoms with Crippen molar-refractivity contribution >= 4 is 34.1 Å². The minimum absolute atomic E-state index is 0.0958. The number of nitrogens with zero attached hydrogens (tertiary/aromatic N) is 4. The third-order valence-electron chi connectivity index (χ3n) is 4.72. The smallest absolute Gasteiger partial charge is 0.237 e. The molecule has 0 radical (unpaired) electrons. The highest BCUT2D eigenvalue weighted by atomic mass is 32.2. The number of benzene rings is 3. The van der Waals surface area contributed by atoms with E-state index in [9.17, 15) is 4.79 Å². The van der Waals surface area contributed by atoms with Gasteiger partial charge in [-0.05, 0) is 54.3 Å². The second-order valence-corrected chi connectivity index (χ2v) is 8.25. The first-order valence-corrected chi connectivity index (χ1v) is 10.2. The highest BCUT2D eigenvalue weighted by Crippen LogP contribution is 2.27. The Morgan fingerprint density at radius 1 is 1.07 bits per heavy atom. The molecule has 0 spiro atoms. The molecule has 1 amide bonds. The van der Waals surface area contributed by atoms with Crippen molar-refractivity contribution in [3.8, 4) is 5.69 Å². The van der Waals surface area contributed by atoms with Crippen LogP contribution in [0.2, 0.25) is 0 Å². The van der Waals surface area contributed by atoms with E-state index in [2.05, 4.69) is 26.9 Å². The van der Waals surface area contributed by atoms with Gasteiger partial charge in [-0.2, -0.15) is 4.68 Å². The summed E-state index contributed by atoms with van der Waals surface area (Å²) in [5.41, 5.74) is 3.96. The molecule has 0 aliphatic rings.